The van der Waals surface area contributed by atoms with Crippen LogP contribution < -0.4 is 5.14 Å². The van der Waals surface area contributed by atoms with Gasteiger partial charge in [-0.05, 0) is 51.2 Å². The second-order valence-electron chi connectivity index (χ2n) is 6.35. The number of aryl methyl sites for hydroxylation is 1. The van der Waals surface area contributed by atoms with Crippen molar-refractivity contribution >= 4 is 20.1 Å². The molecular weight excluding hydrogens is 378 g/mol. The summed E-state index contributed by atoms with van der Waals surface area (Å²) in [6.07, 6.45) is 1.22. The number of benzene rings is 1. The van der Waals surface area contributed by atoms with Crippen molar-refractivity contribution < 1.29 is 26.1 Å². The van der Waals surface area contributed by atoms with Crippen LogP contribution in [0.2, 0.25) is 0 Å². The van der Waals surface area contributed by atoms with Gasteiger partial charge in [0.2, 0.25) is 10.0 Å². The highest BCUT2D eigenvalue weighted by molar-refractivity contribution is 7.89. The standard InChI is InChI=1S/C17H27NO6S2/c1-4-5-15(14(3)25(18,20)21)12-16(19)10-11-24-26(22,23)17-8-6-13(2)7-9-17/h4,6-9,14-16,19H,1,5,10-12H2,2-3H3,(H2,18,20,21)/t14-,15+,16+/m0/s1. The fourth-order valence-corrected chi connectivity index (χ4v) is 4.18. The number of aliphatic hydroxyl groups excluding tert-OH is 1. The van der Waals surface area contributed by atoms with E-state index >= 15 is 0 Å². The van der Waals surface area contributed by atoms with Gasteiger partial charge in [0.25, 0.3) is 10.1 Å². The molecule has 0 aliphatic carbocycles. The molecule has 1 rings (SSSR count). The van der Waals surface area contributed by atoms with Gasteiger partial charge in [-0.15, -0.1) is 6.58 Å². The minimum Gasteiger partial charge on any atom is -0.393 e. The predicted molar refractivity (Wildman–Crippen MR) is 100 cm³/mol. The largest absolute Gasteiger partial charge is 0.393 e. The van der Waals surface area contributed by atoms with Gasteiger partial charge in [-0.3, -0.25) is 4.18 Å². The molecule has 148 valence electrons. The lowest BCUT2D eigenvalue weighted by Gasteiger charge is -2.23. The molecular formula is C17H27NO6S2. The molecule has 3 N–H and O–H groups in total. The van der Waals surface area contributed by atoms with Crippen LogP contribution in [0, 0.1) is 12.8 Å². The van der Waals surface area contributed by atoms with Crippen molar-refractivity contribution in [2.24, 2.45) is 11.1 Å². The van der Waals surface area contributed by atoms with Crippen LogP contribution in [0.4, 0.5) is 0 Å². The monoisotopic (exact) mass is 405 g/mol. The SMILES string of the molecule is C=CC[C@H](C[C@H](O)CCOS(=O)(=O)c1ccc(C)cc1)[C@H](C)S(N)(=O)=O. The van der Waals surface area contributed by atoms with Crippen LogP contribution in [0.15, 0.2) is 41.8 Å². The first-order valence-corrected chi connectivity index (χ1v) is 11.3. The third kappa shape index (κ3) is 7.16. The lowest BCUT2D eigenvalue weighted by Crippen LogP contribution is -2.34. The fraction of sp³-hybridized carbons (Fsp3) is 0.529. The molecule has 0 aliphatic heterocycles. The predicted octanol–water partition coefficient (Wildman–Crippen LogP) is 1.71. The molecule has 0 spiro atoms. The zero-order chi connectivity index (χ0) is 20.0. The Morgan fingerprint density at radius 3 is 2.31 bits per heavy atom. The Kier molecular flexibility index (Phi) is 8.42. The number of allylic oxidation sites excluding steroid dienone is 1. The van der Waals surface area contributed by atoms with Crippen LogP contribution in [0.5, 0.6) is 0 Å². The number of primary sulfonamides is 1. The van der Waals surface area contributed by atoms with Crippen molar-refractivity contribution in [2.75, 3.05) is 6.61 Å². The van der Waals surface area contributed by atoms with Crippen molar-refractivity contribution in [2.45, 2.75) is 49.4 Å². The van der Waals surface area contributed by atoms with Gasteiger partial charge in [-0.1, -0.05) is 23.8 Å². The van der Waals surface area contributed by atoms with E-state index in [1.165, 1.54) is 19.1 Å². The molecule has 7 nitrogen and oxygen atoms in total. The van der Waals surface area contributed by atoms with Crippen molar-refractivity contribution in [1.82, 2.24) is 0 Å². The molecule has 3 atom stereocenters. The number of rotatable bonds is 11. The van der Waals surface area contributed by atoms with E-state index < -0.39 is 37.4 Å². The Bertz CT molecular complexity index is 787. The summed E-state index contributed by atoms with van der Waals surface area (Å²) in [7, 11) is -7.63. The smallest absolute Gasteiger partial charge is 0.296 e. The Morgan fingerprint density at radius 1 is 1.23 bits per heavy atom. The zero-order valence-electron chi connectivity index (χ0n) is 15.0. The van der Waals surface area contributed by atoms with E-state index in [0.29, 0.717) is 6.42 Å². The number of nitrogens with two attached hydrogens (primary N) is 1. The number of hydrogen-bond acceptors (Lipinski definition) is 6. The van der Waals surface area contributed by atoms with Gasteiger partial charge in [0.15, 0.2) is 0 Å². The second kappa shape index (κ2) is 9.61. The second-order valence-corrected chi connectivity index (χ2v) is 9.88. The summed E-state index contributed by atoms with van der Waals surface area (Å²) in [4.78, 5) is 0.0463. The van der Waals surface area contributed by atoms with Crippen LogP contribution in [0.25, 0.3) is 0 Å². The van der Waals surface area contributed by atoms with Gasteiger partial charge in [-0.2, -0.15) is 8.42 Å². The number of aliphatic hydroxyl groups is 1. The quantitative estimate of drug-likeness (QED) is 0.427. The van der Waals surface area contributed by atoms with Crippen LogP contribution in [0.3, 0.4) is 0 Å². The van der Waals surface area contributed by atoms with Crippen molar-refractivity contribution in [1.29, 1.82) is 0 Å². The molecule has 1 aromatic rings. The van der Waals surface area contributed by atoms with E-state index in [0.717, 1.165) is 5.56 Å². The Balaban J connectivity index is 2.60. The molecule has 0 fully saturated rings. The summed E-state index contributed by atoms with van der Waals surface area (Å²) in [5, 5.41) is 14.4. The average Bonchev–Trinajstić information content (AvgIpc) is 2.53. The summed E-state index contributed by atoms with van der Waals surface area (Å²) in [6, 6.07) is 6.24. The van der Waals surface area contributed by atoms with Crippen LogP contribution >= 0.6 is 0 Å². The van der Waals surface area contributed by atoms with Gasteiger partial charge >= 0.3 is 0 Å². The molecule has 0 saturated heterocycles. The Morgan fingerprint density at radius 2 is 1.81 bits per heavy atom. The lowest BCUT2D eigenvalue weighted by atomic mass is 9.94. The topological polar surface area (TPSA) is 124 Å². The maximum absolute atomic E-state index is 12.1. The highest BCUT2D eigenvalue weighted by Crippen LogP contribution is 2.22. The summed E-state index contributed by atoms with van der Waals surface area (Å²) in [5.74, 6) is -0.411. The number of sulfonamides is 1. The molecule has 0 radical (unpaired) electrons. The highest BCUT2D eigenvalue weighted by atomic mass is 32.2. The molecule has 0 saturated carbocycles. The van der Waals surface area contributed by atoms with Crippen molar-refractivity contribution in [3.63, 3.8) is 0 Å². The normalized spacial score (nSPS) is 16.0. The molecule has 1 aromatic carbocycles. The van der Waals surface area contributed by atoms with Crippen molar-refractivity contribution in [3.05, 3.63) is 42.5 Å². The van der Waals surface area contributed by atoms with Crippen LogP contribution in [-0.2, 0) is 24.3 Å². The molecule has 0 aromatic heterocycles. The molecule has 0 bridgehead atoms. The third-order valence-corrected chi connectivity index (χ3v) is 6.97. The van der Waals surface area contributed by atoms with Crippen molar-refractivity contribution in [3.8, 4) is 0 Å². The highest BCUT2D eigenvalue weighted by Gasteiger charge is 2.27. The molecule has 0 aliphatic rings. The maximum Gasteiger partial charge on any atom is 0.296 e. The molecule has 0 amide bonds. The zero-order valence-corrected chi connectivity index (χ0v) is 16.7. The summed E-state index contributed by atoms with van der Waals surface area (Å²) in [6.45, 7) is 6.70. The minimum atomic E-state index is -3.89. The minimum absolute atomic E-state index is 0.0463. The van der Waals surface area contributed by atoms with E-state index in [2.05, 4.69) is 6.58 Å². The van der Waals surface area contributed by atoms with Gasteiger partial charge in [0.1, 0.15) is 0 Å². The van der Waals surface area contributed by atoms with Gasteiger partial charge in [0.05, 0.1) is 22.9 Å². The van der Waals surface area contributed by atoms with E-state index in [1.807, 2.05) is 6.92 Å². The molecule has 0 unspecified atom stereocenters. The molecule has 26 heavy (non-hydrogen) atoms. The molecule has 9 heteroatoms. The summed E-state index contributed by atoms with van der Waals surface area (Å²) in [5.41, 5.74) is 0.927. The van der Waals surface area contributed by atoms with Crippen LogP contribution in [0.1, 0.15) is 31.7 Å². The average molecular weight is 406 g/mol. The van der Waals surface area contributed by atoms with Gasteiger partial charge in [-0.25, -0.2) is 13.6 Å². The first kappa shape index (κ1) is 22.8. The lowest BCUT2D eigenvalue weighted by molar-refractivity contribution is 0.114. The van der Waals surface area contributed by atoms with E-state index in [4.69, 9.17) is 9.32 Å². The molecule has 0 heterocycles. The van der Waals surface area contributed by atoms with Crippen LogP contribution in [-0.4, -0.2) is 39.9 Å². The van der Waals surface area contributed by atoms with E-state index in [-0.39, 0.29) is 24.3 Å². The third-order valence-electron chi connectivity index (χ3n) is 4.23. The summed E-state index contributed by atoms with van der Waals surface area (Å²) < 4.78 is 52.1. The maximum atomic E-state index is 12.1. The van der Waals surface area contributed by atoms with Gasteiger partial charge < -0.3 is 5.11 Å². The first-order chi connectivity index (χ1) is 12.0. The van der Waals surface area contributed by atoms with E-state index in [9.17, 15) is 21.9 Å². The Hall–Kier alpha value is -1.26. The fourth-order valence-electron chi connectivity index (χ4n) is 2.50. The first-order valence-electron chi connectivity index (χ1n) is 8.24. The summed E-state index contributed by atoms with van der Waals surface area (Å²) >= 11 is 0. The van der Waals surface area contributed by atoms with E-state index in [1.54, 1.807) is 18.2 Å². The Labute approximate surface area is 156 Å². The number of hydrogen-bond donors (Lipinski definition) is 2. The van der Waals surface area contributed by atoms with Gasteiger partial charge in [0, 0.05) is 0 Å².